The lowest BCUT2D eigenvalue weighted by Gasteiger charge is -2.20. The fourth-order valence-corrected chi connectivity index (χ4v) is 2.69. The second kappa shape index (κ2) is 7.63. The van der Waals surface area contributed by atoms with Crippen molar-refractivity contribution in [3.8, 4) is 0 Å². The summed E-state index contributed by atoms with van der Waals surface area (Å²) in [5, 5.41) is 7.05. The zero-order valence-corrected chi connectivity index (χ0v) is 13.9. The van der Waals surface area contributed by atoms with Gasteiger partial charge in [-0.3, -0.25) is 10.1 Å². The summed E-state index contributed by atoms with van der Waals surface area (Å²) in [4.78, 5) is 12.2. The Labute approximate surface area is 140 Å². The van der Waals surface area contributed by atoms with Crippen LogP contribution in [0.2, 0.25) is 10.0 Å². The Morgan fingerprint density at radius 1 is 1.00 bits per heavy atom. The first-order valence-corrected chi connectivity index (χ1v) is 7.79. The maximum absolute atomic E-state index is 12.2. The molecule has 2 aromatic rings. The summed E-state index contributed by atoms with van der Waals surface area (Å²) < 4.78 is 0. The number of carbonyl (C=O) groups excluding carboxylic acids is 1. The van der Waals surface area contributed by atoms with Crippen molar-refractivity contribution < 1.29 is 4.79 Å². The second-order valence-electron chi connectivity index (χ2n) is 5.17. The number of carbonyl (C=O) groups is 1. The molecule has 0 aliphatic rings. The van der Waals surface area contributed by atoms with Gasteiger partial charge in [0.25, 0.3) is 0 Å². The van der Waals surface area contributed by atoms with Crippen LogP contribution in [0.5, 0.6) is 0 Å². The van der Waals surface area contributed by atoms with Crippen molar-refractivity contribution in [1.82, 2.24) is 5.32 Å². The van der Waals surface area contributed by atoms with Crippen molar-refractivity contribution in [3.63, 3.8) is 0 Å². The van der Waals surface area contributed by atoms with E-state index < -0.39 is 0 Å². The molecule has 0 unspecified atom stereocenters. The molecule has 2 atom stereocenters. The molecule has 2 rings (SSSR count). The van der Waals surface area contributed by atoms with Gasteiger partial charge in [0.05, 0.1) is 6.04 Å². The minimum atomic E-state index is -0.354. The first-order chi connectivity index (χ1) is 10.5. The van der Waals surface area contributed by atoms with Gasteiger partial charge < -0.3 is 5.32 Å². The molecule has 0 spiro atoms. The summed E-state index contributed by atoms with van der Waals surface area (Å²) in [5.41, 5.74) is 1.72. The zero-order valence-electron chi connectivity index (χ0n) is 12.4. The van der Waals surface area contributed by atoms with Crippen LogP contribution in [0.1, 0.15) is 25.5 Å². The fourth-order valence-electron chi connectivity index (χ4n) is 2.17. The smallest absolute Gasteiger partial charge is 0.241 e. The van der Waals surface area contributed by atoms with Crippen LogP contribution in [0.25, 0.3) is 0 Å². The molecule has 0 fully saturated rings. The van der Waals surface area contributed by atoms with Crippen LogP contribution < -0.4 is 10.6 Å². The van der Waals surface area contributed by atoms with Gasteiger partial charge in [-0.2, -0.15) is 0 Å². The predicted molar refractivity (Wildman–Crippen MR) is 92.5 cm³/mol. The Balaban J connectivity index is 1.97. The summed E-state index contributed by atoms with van der Waals surface area (Å²) in [6, 6.07) is 14.7. The summed E-state index contributed by atoms with van der Waals surface area (Å²) in [6.45, 7) is 3.84. The number of halogens is 2. The van der Waals surface area contributed by atoms with E-state index >= 15 is 0 Å². The lowest BCUT2D eigenvalue weighted by atomic mass is 10.1. The Hall–Kier alpha value is -1.55. The van der Waals surface area contributed by atoms with Crippen LogP contribution in [0.15, 0.2) is 48.5 Å². The minimum Gasteiger partial charge on any atom is -0.325 e. The third kappa shape index (κ3) is 4.73. The molecule has 0 saturated carbocycles. The standard InChI is InChI=1S/C17H18Cl2N2O/c1-11(13-6-4-3-5-7-13)20-12(2)17(22)21-16-9-14(18)8-15(19)10-16/h3-12,20H,1-2H3,(H,21,22)/t11-,12-/m1/s1. The Bertz CT molecular complexity index is 626. The SMILES string of the molecule is C[C@@H](N[C@H](C)c1ccccc1)C(=O)Nc1cc(Cl)cc(Cl)c1. The Morgan fingerprint density at radius 3 is 2.18 bits per heavy atom. The highest BCUT2D eigenvalue weighted by molar-refractivity contribution is 6.35. The largest absolute Gasteiger partial charge is 0.325 e. The topological polar surface area (TPSA) is 41.1 Å². The summed E-state index contributed by atoms with van der Waals surface area (Å²) >= 11 is 11.9. The van der Waals surface area contributed by atoms with E-state index in [1.54, 1.807) is 18.2 Å². The summed E-state index contributed by atoms with van der Waals surface area (Å²) in [6.07, 6.45) is 0. The molecule has 22 heavy (non-hydrogen) atoms. The van der Waals surface area contributed by atoms with Crippen molar-refractivity contribution >= 4 is 34.8 Å². The predicted octanol–water partition coefficient (Wildman–Crippen LogP) is 4.67. The Kier molecular flexibility index (Phi) is 5.83. The third-order valence-corrected chi connectivity index (χ3v) is 3.76. The maximum atomic E-state index is 12.2. The number of hydrogen-bond acceptors (Lipinski definition) is 2. The minimum absolute atomic E-state index is 0.0740. The molecule has 0 radical (unpaired) electrons. The normalized spacial score (nSPS) is 13.5. The molecule has 2 N–H and O–H groups in total. The van der Waals surface area contributed by atoms with E-state index in [2.05, 4.69) is 10.6 Å². The maximum Gasteiger partial charge on any atom is 0.241 e. The average molecular weight is 337 g/mol. The van der Waals surface area contributed by atoms with E-state index in [4.69, 9.17) is 23.2 Å². The lowest BCUT2D eigenvalue weighted by Crippen LogP contribution is -2.39. The van der Waals surface area contributed by atoms with E-state index in [9.17, 15) is 4.79 Å². The van der Waals surface area contributed by atoms with E-state index in [1.807, 2.05) is 44.2 Å². The second-order valence-corrected chi connectivity index (χ2v) is 6.04. The zero-order chi connectivity index (χ0) is 16.1. The van der Waals surface area contributed by atoms with Crippen LogP contribution in [-0.4, -0.2) is 11.9 Å². The molecule has 3 nitrogen and oxygen atoms in total. The number of nitrogens with one attached hydrogen (secondary N) is 2. The van der Waals surface area contributed by atoms with Gasteiger partial charge >= 0.3 is 0 Å². The molecule has 0 bridgehead atoms. The molecule has 0 aliphatic heterocycles. The lowest BCUT2D eigenvalue weighted by molar-refractivity contribution is -0.117. The van der Waals surface area contributed by atoms with Crippen LogP contribution in [-0.2, 0) is 4.79 Å². The molecule has 0 saturated heterocycles. The average Bonchev–Trinajstić information content (AvgIpc) is 2.46. The quantitative estimate of drug-likeness (QED) is 0.832. The van der Waals surface area contributed by atoms with Gasteiger partial charge in [0.2, 0.25) is 5.91 Å². The monoisotopic (exact) mass is 336 g/mol. The van der Waals surface area contributed by atoms with E-state index in [-0.39, 0.29) is 18.0 Å². The molecule has 5 heteroatoms. The molecule has 0 heterocycles. The highest BCUT2D eigenvalue weighted by Gasteiger charge is 2.16. The van der Waals surface area contributed by atoms with Gasteiger partial charge in [-0.1, -0.05) is 53.5 Å². The molecular formula is C17H18Cl2N2O. The number of hydrogen-bond donors (Lipinski definition) is 2. The highest BCUT2D eigenvalue weighted by Crippen LogP contribution is 2.22. The van der Waals surface area contributed by atoms with Gasteiger partial charge in [0.1, 0.15) is 0 Å². The van der Waals surface area contributed by atoms with Gasteiger partial charge in [0, 0.05) is 21.8 Å². The first kappa shape index (κ1) is 16.8. The Morgan fingerprint density at radius 2 is 1.59 bits per heavy atom. The number of anilines is 1. The summed E-state index contributed by atoms with van der Waals surface area (Å²) in [7, 11) is 0. The van der Waals surface area contributed by atoms with Crippen LogP contribution >= 0.6 is 23.2 Å². The van der Waals surface area contributed by atoms with Crippen molar-refractivity contribution in [3.05, 3.63) is 64.1 Å². The molecular weight excluding hydrogens is 319 g/mol. The van der Waals surface area contributed by atoms with Crippen LogP contribution in [0, 0.1) is 0 Å². The van der Waals surface area contributed by atoms with Crippen molar-refractivity contribution in [2.75, 3.05) is 5.32 Å². The molecule has 2 aromatic carbocycles. The number of benzene rings is 2. The number of rotatable bonds is 5. The molecule has 0 aromatic heterocycles. The fraction of sp³-hybridized carbons (Fsp3) is 0.235. The molecule has 1 amide bonds. The van der Waals surface area contributed by atoms with Crippen molar-refractivity contribution in [1.29, 1.82) is 0 Å². The van der Waals surface area contributed by atoms with Crippen molar-refractivity contribution in [2.24, 2.45) is 0 Å². The third-order valence-electron chi connectivity index (χ3n) is 3.32. The van der Waals surface area contributed by atoms with Crippen molar-refractivity contribution in [2.45, 2.75) is 25.9 Å². The highest BCUT2D eigenvalue weighted by atomic mass is 35.5. The van der Waals surface area contributed by atoms with Crippen LogP contribution in [0.3, 0.4) is 0 Å². The number of amides is 1. The van der Waals surface area contributed by atoms with E-state index in [1.165, 1.54) is 0 Å². The van der Waals surface area contributed by atoms with E-state index in [0.717, 1.165) is 5.56 Å². The van der Waals surface area contributed by atoms with Gasteiger partial charge in [0.15, 0.2) is 0 Å². The molecule has 0 aliphatic carbocycles. The van der Waals surface area contributed by atoms with E-state index in [0.29, 0.717) is 15.7 Å². The summed E-state index contributed by atoms with van der Waals surface area (Å²) in [5.74, 6) is -0.138. The van der Waals surface area contributed by atoms with Gasteiger partial charge in [-0.15, -0.1) is 0 Å². The molecule has 116 valence electrons. The van der Waals surface area contributed by atoms with Gasteiger partial charge in [-0.05, 0) is 37.6 Å². The van der Waals surface area contributed by atoms with Crippen LogP contribution in [0.4, 0.5) is 5.69 Å². The first-order valence-electron chi connectivity index (χ1n) is 7.03. The van der Waals surface area contributed by atoms with Gasteiger partial charge in [-0.25, -0.2) is 0 Å².